The molecule has 1 heterocycles. The average Bonchev–Trinajstić information content (AvgIpc) is 3.12. The lowest BCUT2D eigenvalue weighted by Gasteiger charge is -2.72. The van der Waals surface area contributed by atoms with Gasteiger partial charge in [-0.05, 0) is 25.3 Å². The van der Waals surface area contributed by atoms with Gasteiger partial charge in [0.15, 0.2) is 0 Å². The Balaban J connectivity index is 1.65. The van der Waals surface area contributed by atoms with Crippen LogP contribution >= 0.6 is 0 Å². The van der Waals surface area contributed by atoms with Crippen molar-refractivity contribution < 1.29 is 39.7 Å². The van der Waals surface area contributed by atoms with E-state index in [-0.39, 0.29) is 31.4 Å². The third-order valence-corrected chi connectivity index (χ3v) is 11.5. The largest absolute Gasteiger partial charge is 0.392 e. The molecule has 33 heavy (non-hydrogen) atoms. The minimum absolute atomic E-state index is 0.183. The molecule has 6 fully saturated rings. The first-order chi connectivity index (χ1) is 15.6. The molecule has 13 atom stereocenters. The molecule has 9 nitrogen and oxygen atoms in total. The van der Waals surface area contributed by atoms with E-state index in [9.17, 15) is 25.5 Å². The van der Waals surface area contributed by atoms with Crippen molar-refractivity contribution in [2.24, 2.45) is 28.6 Å². The molecular formula is C24H39NO8. The van der Waals surface area contributed by atoms with E-state index in [0.29, 0.717) is 25.9 Å². The number of aliphatic hydroxyl groups is 5. The zero-order valence-corrected chi connectivity index (χ0v) is 20.0. The van der Waals surface area contributed by atoms with Gasteiger partial charge in [0.25, 0.3) is 0 Å². The highest BCUT2D eigenvalue weighted by atomic mass is 16.5. The molecular weight excluding hydrogens is 430 g/mol. The molecule has 7 bridgehead atoms. The van der Waals surface area contributed by atoms with Crippen LogP contribution in [0.1, 0.15) is 32.6 Å². The monoisotopic (exact) mass is 469 g/mol. The summed E-state index contributed by atoms with van der Waals surface area (Å²) in [6, 6.07) is -0.202. The number of hydrogen-bond donors (Lipinski definition) is 5. The predicted octanol–water partition coefficient (Wildman–Crippen LogP) is -1.27. The van der Waals surface area contributed by atoms with Gasteiger partial charge in [0, 0.05) is 64.0 Å². The third-order valence-electron chi connectivity index (χ3n) is 11.5. The molecule has 5 N–H and O–H groups in total. The quantitative estimate of drug-likeness (QED) is 0.334. The maximum atomic E-state index is 12.9. The molecule has 0 amide bonds. The Hall–Kier alpha value is -0.360. The smallest absolute Gasteiger partial charge is 0.117 e. The highest BCUT2D eigenvalue weighted by Gasteiger charge is 2.91. The summed E-state index contributed by atoms with van der Waals surface area (Å²) in [5, 5.41) is 59.9. The maximum Gasteiger partial charge on any atom is 0.117 e. The number of piperidine rings is 1. The standard InChI is InChI=1S/C24H39NO8/c1-5-25-10-20(11-31-2)14(26)6-15(32-3)24-12-7-22(29)16(33-4)9-21(28,17(12)19(22)27)13(18(24)25)8-23(20,24)30/h12-19,26-30H,5-11H2,1-4H3/t12-,13+,14-,15+,16+,17-,18-,19-,20+,21+,22-,23+,24-/m1/s1. The first kappa shape index (κ1) is 23.1. The van der Waals surface area contributed by atoms with Crippen molar-refractivity contribution in [3.8, 4) is 0 Å². The van der Waals surface area contributed by atoms with E-state index < -0.39 is 63.9 Å². The Kier molecular flexibility index (Phi) is 4.67. The second kappa shape index (κ2) is 6.69. The van der Waals surface area contributed by atoms with E-state index in [2.05, 4.69) is 11.8 Å². The molecule has 1 aliphatic heterocycles. The first-order valence-corrected chi connectivity index (χ1v) is 12.4. The van der Waals surface area contributed by atoms with Crippen molar-refractivity contribution in [1.29, 1.82) is 0 Å². The van der Waals surface area contributed by atoms with Gasteiger partial charge in [-0.2, -0.15) is 0 Å². The Bertz CT molecular complexity index is 845. The van der Waals surface area contributed by atoms with Gasteiger partial charge in [-0.25, -0.2) is 0 Å². The highest BCUT2D eigenvalue weighted by molar-refractivity contribution is 5.40. The maximum absolute atomic E-state index is 12.9. The van der Waals surface area contributed by atoms with Gasteiger partial charge in [-0.1, -0.05) is 6.92 Å². The van der Waals surface area contributed by atoms with Gasteiger partial charge in [0.1, 0.15) is 5.60 Å². The molecule has 5 aliphatic carbocycles. The molecule has 6 aliphatic rings. The lowest BCUT2D eigenvalue weighted by Crippen LogP contribution is -2.84. The summed E-state index contributed by atoms with van der Waals surface area (Å²) >= 11 is 0. The van der Waals surface area contributed by atoms with Crippen molar-refractivity contribution >= 4 is 0 Å². The molecule has 9 heteroatoms. The number of hydrogen-bond acceptors (Lipinski definition) is 9. The van der Waals surface area contributed by atoms with Gasteiger partial charge < -0.3 is 39.7 Å². The van der Waals surface area contributed by atoms with Crippen molar-refractivity contribution in [3.63, 3.8) is 0 Å². The molecule has 0 aromatic carbocycles. The lowest BCUT2D eigenvalue weighted by atomic mass is 9.41. The van der Waals surface area contributed by atoms with E-state index in [1.54, 1.807) is 14.2 Å². The summed E-state index contributed by atoms with van der Waals surface area (Å²) in [5.41, 5.74) is -6.03. The summed E-state index contributed by atoms with van der Waals surface area (Å²) in [6.07, 6.45) is -2.15. The molecule has 1 saturated heterocycles. The lowest BCUT2D eigenvalue weighted by molar-refractivity contribution is -0.346. The van der Waals surface area contributed by atoms with Crippen LogP contribution in [0.3, 0.4) is 0 Å². The van der Waals surface area contributed by atoms with Crippen LogP contribution in [0.5, 0.6) is 0 Å². The number of nitrogens with zero attached hydrogens (tertiary/aromatic N) is 1. The van der Waals surface area contributed by atoms with Gasteiger partial charge in [0.05, 0.1) is 47.6 Å². The number of methoxy groups -OCH3 is 3. The fourth-order valence-electron chi connectivity index (χ4n) is 10.6. The fraction of sp³-hybridized carbons (Fsp3) is 1.00. The second-order valence-corrected chi connectivity index (χ2v) is 11.9. The summed E-state index contributed by atoms with van der Waals surface area (Å²) in [7, 11) is 4.72. The fourth-order valence-corrected chi connectivity index (χ4v) is 10.6. The van der Waals surface area contributed by atoms with E-state index in [1.807, 2.05) is 0 Å². The molecule has 1 spiro atoms. The number of rotatable bonds is 5. The van der Waals surface area contributed by atoms with Crippen LogP contribution in [0.25, 0.3) is 0 Å². The van der Waals surface area contributed by atoms with Crippen LogP contribution < -0.4 is 0 Å². The number of ether oxygens (including phenoxy) is 3. The molecule has 0 radical (unpaired) electrons. The molecule has 0 aromatic rings. The molecule has 6 rings (SSSR count). The van der Waals surface area contributed by atoms with Gasteiger partial charge >= 0.3 is 0 Å². The molecule has 0 aromatic heterocycles. The summed E-state index contributed by atoms with van der Waals surface area (Å²) < 4.78 is 17.4. The zero-order valence-electron chi connectivity index (χ0n) is 20.0. The van der Waals surface area contributed by atoms with Crippen LogP contribution in [-0.4, -0.2) is 119 Å². The summed E-state index contributed by atoms with van der Waals surface area (Å²) in [6.45, 7) is 3.39. The molecule has 0 unspecified atom stereocenters. The van der Waals surface area contributed by atoms with Crippen molar-refractivity contribution in [3.05, 3.63) is 0 Å². The topological polar surface area (TPSA) is 132 Å². The number of aliphatic hydroxyl groups excluding tert-OH is 2. The van der Waals surface area contributed by atoms with Crippen LogP contribution in [-0.2, 0) is 14.2 Å². The van der Waals surface area contributed by atoms with Crippen LogP contribution in [0.4, 0.5) is 0 Å². The molecule has 5 saturated carbocycles. The van der Waals surface area contributed by atoms with Crippen LogP contribution in [0.2, 0.25) is 0 Å². The van der Waals surface area contributed by atoms with Crippen molar-refractivity contribution in [2.75, 3.05) is 41.0 Å². The average molecular weight is 470 g/mol. The van der Waals surface area contributed by atoms with Gasteiger partial charge in [0.2, 0.25) is 0 Å². The minimum atomic E-state index is -1.50. The normalized spacial score (nSPS) is 63.2. The summed E-state index contributed by atoms with van der Waals surface area (Å²) in [5.74, 6) is -1.37. The van der Waals surface area contributed by atoms with Gasteiger partial charge in [-0.3, -0.25) is 4.90 Å². The Labute approximate surface area is 194 Å². The Morgan fingerprint density at radius 3 is 2.21 bits per heavy atom. The number of likely N-dealkylation sites (tertiary alicyclic amines) is 1. The van der Waals surface area contributed by atoms with Crippen LogP contribution in [0.15, 0.2) is 0 Å². The Morgan fingerprint density at radius 1 is 0.909 bits per heavy atom. The first-order valence-electron chi connectivity index (χ1n) is 12.4. The second-order valence-electron chi connectivity index (χ2n) is 11.9. The SMILES string of the molecule is CCN1C[C@]2(COC)[C@H](O)C[C@H](OC)[C@@]34[C@@H]5C[C@@]6(O)[C@@H](OC)C[C@@](O)([C@H]5[C@H]6O)[C@@H](C[C@]23O)[C@@H]14. The van der Waals surface area contributed by atoms with E-state index >= 15 is 0 Å². The van der Waals surface area contributed by atoms with E-state index in [0.717, 1.165) is 0 Å². The van der Waals surface area contributed by atoms with E-state index in [1.165, 1.54) is 7.11 Å². The van der Waals surface area contributed by atoms with Crippen molar-refractivity contribution in [2.45, 2.75) is 79.9 Å². The predicted molar refractivity (Wildman–Crippen MR) is 115 cm³/mol. The number of fused-ring (bicyclic) bond motifs is 2. The Morgan fingerprint density at radius 2 is 1.61 bits per heavy atom. The summed E-state index contributed by atoms with van der Waals surface area (Å²) in [4.78, 5) is 2.29. The van der Waals surface area contributed by atoms with Crippen LogP contribution in [0, 0.1) is 28.6 Å². The molecule has 188 valence electrons. The highest BCUT2D eigenvalue weighted by Crippen LogP contribution is 2.80. The van der Waals surface area contributed by atoms with E-state index in [4.69, 9.17) is 14.2 Å². The van der Waals surface area contributed by atoms with Crippen molar-refractivity contribution in [1.82, 2.24) is 4.90 Å². The minimum Gasteiger partial charge on any atom is -0.392 e. The zero-order chi connectivity index (χ0) is 23.8. The van der Waals surface area contributed by atoms with Gasteiger partial charge in [-0.15, -0.1) is 0 Å². The third kappa shape index (κ3) is 2.08.